The predicted molar refractivity (Wildman–Crippen MR) is 87.8 cm³/mol. The first-order valence-electron chi connectivity index (χ1n) is 7.81. The third-order valence-corrected chi connectivity index (χ3v) is 5.87. The summed E-state index contributed by atoms with van der Waals surface area (Å²) in [5.74, 6) is 0. The van der Waals surface area contributed by atoms with Crippen LogP contribution in [0.2, 0.25) is 0 Å². The molecule has 0 atom stereocenters. The molecule has 0 saturated heterocycles. The van der Waals surface area contributed by atoms with E-state index in [1.165, 1.54) is 0 Å². The molecule has 3 heterocycles. The van der Waals surface area contributed by atoms with E-state index in [0.29, 0.717) is 12.2 Å². The standard InChI is InChI=1S/C15H18N6O2S/c1-11-2-5-15-17-13(8-20(15)7-11)10-21-9-12(18-19-21)6-16-24(22,23)14-3-4-14/h2,5,7-9,14,16H,3-4,6,10H2,1H3. The van der Waals surface area contributed by atoms with Gasteiger partial charge in [-0.15, -0.1) is 5.10 Å². The molecule has 0 spiro atoms. The van der Waals surface area contributed by atoms with Gasteiger partial charge in [0.25, 0.3) is 0 Å². The van der Waals surface area contributed by atoms with Gasteiger partial charge in [-0.05, 0) is 31.4 Å². The Kier molecular flexibility index (Phi) is 3.61. The highest BCUT2D eigenvalue weighted by molar-refractivity contribution is 7.90. The zero-order chi connectivity index (χ0) is 16.7. The fraction of sp³-hybridized carbons (Fsp3) is 0.400. The van der Waals surface area contributed by atoms with Crippen molar-refractivity contribution in [2.24, 2.45) is 0 Å². The van der Waals surface area contributed by atoms with Crippen LogP contribution in [0.25, 0.3) is 5.65 Å². The first kappa shape index (κ1) is 15.3. The summed E-state index contributed by atoms with van der Waals surface area (Å²) in [5, 5.41) is 7.83. The largest absolute Gasteiger partial charge is 0.306 e. The minimum atomic E-state index is -3.20. The zero-order valence-corrected chi connectivity index (χ0v) is 14.1. The van der Waals surface area contributed by atoms with Crippen molar-refractivity contribution in [3.63, 3.8) is 0 Å². The van der Waals surface area contributed by atoms with Gasteiger partial charge in [-0.2, -0.15) is 0 Å². The number of hydrogen-bond donors (Lipinski definition) is 1. The summed E-state index contributed by atoms with van der Waals surface area (Å²) >= 11 is 0. The van der Waals surface area contributed by atoms with E-state index in [-0.39, 0.29) is 11.8 Å². The van der Waals surface area contributed by atoms with Crippen LogP contribution < -0.4 is 4.72 Å². The summed E-state index contributed by atoms with van der Waals surface area (Å²) in [7, 11) is -3.20. The Labute approximate surface area is 139 Å². The molecule has 1 aliphatic rings. The molecule has 1 saturated carbocycles. The maximum atomic E-state index is 11.8. The topological polar surface area (TPSA) is 94.2 Å². The summed E-state index contributed by atoms with van der Waals surface area (Å²) in [4.78, 5) is 4.54. The number of sulfonamides is 1. The number of aryl methyl sites for hydroxylation is 1. The summed E-state index contributed by atoms with van der Waals surface area (Å²) in [6.07, 6.45) is 7.21. The van der Waals surface area contributed by atoms with Crippen LogP contribution in [0, 0.1) is 6.92 Å². The van der Waals surface area contributed by atoms with E-state index in [4.69, 9.17) is 0 Å². The lowest BCUT2D eigenvalue weighted by Gasteiger charge is -2.01. The third-order valence-electron chi connectivity index (χ3n) is 3.98. The molecule has 1 aliphatic carbocycles. The van der Waals surface area contributed by atoms with E-state index in [2.05, 4.69) is 20.0 Å². The second-order valence-corrected chi connectivity index (χ2v) is 8.22. The third kappa shape index (κ3) is 3.17. The molecular weight excluding hydrogens is 328 g/mol. The van der Waals surface area contributed by atoms with E-state index < -0.39 is 10.0 Å². The Bertz CT molecular complexity index is 986. The lowest BCUT2D eigenvalue weighted by molar-refractivity contribution is 0.579. The maximum absolute atomic E-state index is 11.8. The molecular formula is C15H18N6O2S. The predicted octanol–water partition coefficient (Wildman–Crippen LogP) is 0.864. The van der Waals surface area contributed by atoms with Crippen LogP contribution in [0.3, 0.4) is 0 Å². The van der Waals surface area contributed by atoms with Crippen molar-refractivity contribution in [3.05, 3.63) is 47.7 Å². The van der Waals surface area contributed by atoms with E-state index in [9.17, 15) is 8.42 Å². The lowest BCUT2D eigenvalue weighted by atomic mass is 10.3. The quantitative estimate of drug-likeness (QED) is 0.714. The van der Waals surface area contributed by atoms with Gasteiger partial charge < -0.3 is 4.40 Å². The Hall–Kier alpha value is -2.26. The molecule has 1 fully saturated rings. The maximum Gasteiger partial charge on any atom is 0.214 e. The molecule has 3 aromatic heterocycles. The molecule has 0 amide bonds. The first-order valence-corrected chi connectivity index (χ1v) is 9.36. The van der Waals surface area contributed by atoms with Crippen LogP contribution in [-0.2, 0) is 23.1 Å². The Morgan fingerprint density at radius 2 is 2.04 bits per heavy atom. The number of hydrogen-bond acceptors (Lipinski definition) is 5. The minimum Gasteiger partial charge on any atom is -0.306 e. The van der Waals surface area contributed by atoms with Crippen molar-refractivity contribution in [2.75, 3.05) is 0 Å². The Morgan fingerprint density at radius 3 is 2.83 bits per heavy atom. The number of imidazole rings is 1. The smallest absolute Gasteiger partial charge is 0.214 e. The molecule has 0 aliphatic heterocycles. The van der Waals surface area contributed by atoms with E-state index in [0.717, 1.165) is 29.7 Å². The van der Waals surface area contributed by atoms with Crippen molar-refractivity contribution in [3.8, 4) is 0 Å². The summed E-state index contributed by atoms with van der Waals surface area (Å²) in [5.41, 5.74) is 3.51. The zero-order valence-electron chi connectivity index (χ0n) is 13.3. The second-order valence-electron chi connectivity index (χ2n) is 6.18. The number of rotatable bonds is 6. The SMILES string of the molecule is Cc1ccc2nc(Cn3cc(CNS(=O)(=O)C4CC4)nn3)cn2c1. The highest BCUT2D eigenvalue weighted by Gasteiger charge is 2.35. The molecule has 0 unspecified atom stereocenters. The molecule has 24 heavy (non-hydrogen) atoms. The highest BCUT2D eigenvalue weighted by Crippen LogP contribution is 2.27. The van der Waals surface area contributed by atoms with E-state index >= 15 is 0 Å². The molecule has 0 bridgehead atoms. The molecule has 4 rings (SSSR count). The normalized spacial score (nSPS) is 15.2. The minimum absolute atomic E-state index is 0.170. The Balaban J connectivity index is 1.44. The van der Waals surface area contributed by atoms with Crippen molar-refractivity contribution in [1.82, 2.24) is 29.1 Å². The van der Waals surface area contributed by atoms with Crippen LogP contribution >= 0.6 is 0 Å². The number of fused-ring (bicyclic) bond motifs is 1. The molecule has 3 aromatic rings. The molecule has 9 heteroatoms. The monoisotopic (exact) mass is 346 g/mol. The number of pyridine rings is 1. The van der Waals surface area contributed by atoms with Crippen molar-refractivity contribution < 1.29 is 8.42 Å². The highest BCUT2D eigenvalue weighted by atomic mass is 32.2. The van der Waals surface area contributed by atoms with Crippen molar-refractivity contribution in [1.29, 1.82) is 0 Å². The van der Waals surface area contributed by atoms with Gasteiger partial charge in [-0.25, -0.2) is 22.8 Å². The Morgan fingerprint density at radius 1 is 1.21 bits per heavy atom. The number of aromatic nitrogens is 5. The number of nitrogens with zero attached hydrogens (tertiary/aromatic N) is 5. The fourth-order valence-electron chi connectivity index (χ4n) is 2.57. The molecule has 1 N–H and O–H groups in total. The van der Waals surface area contributed by atoms with Crippen molar-refractivity contribution >= 4 is 15.7 Å². The average Bonchev–Trinajstić information content (AvgIpc) is 3.20. The number of nitrogens with one attached hydrogen (secondary N) is 1. The van der Waals surface area contributed by atoms with E-state index in [1.54, 1.807) is 10.9 Å². The average molecular weight is 346 g/mol. The first-order chi connectivity index (χ1) is 11.5. The van der Waals surface area contributed by atoms with Gasteiger partial charge in [0.2, 0.25) is 10.0 Å². The summed E-state index contributed by atoms with van der Waals surface area (Å²) in [6, 6.07) is 3.99. The van der Waals surface area contributed by atoms with Gasteiger partial charge in [0, 0.05) is 12.4 Å². The van der Waals surface area contributed by atoms with Crippen molar-refractivity contribution in [2.45, 2.75) is 38.1 Å². The van der Waals surface area contributed by atoms with Crippen LogP contribution in [0.4, 0.5) is 0 Å². The van der Waals surface area contributed by atoms with Crippen LogP contribution in [0.5, 0.6) is 0 Å². The molecule has 8 nitrogen and oxygen atoms in total. The summed E-state index contributed by atoms with van der Waals surface area (Å²) in [6.45, 7) is 2.69. The van der Waals surface area contributed by atoms with E-state index in [1.807, 2.05) is 35.9 Å². The van der Waals surface area contributed by atoms with Gasteiger partial charge in [-0.3, -0.25) is 0 Å². The summed E-state index contributed by atoms with van der Waals surface area (Å²) < 4.78 is 29.8. The lowest BCUT2D eigenvalue weighted by Crippen LogP contribution is -2.26. The van der Waals surface area contributed by atoms with Gasteiger partial charge in [-0.1, -0.05) is 11.3 Å². The second kappa shape index (κ2) is 5.67. The molecule has 126 valence electrons. The van der Waals surface area contributed by atoms with Gasteiger partial charge in [0.1, 0.15) is 5.65 Å². The van der Waals surface area contributed by atoms with Crippen LogP contribution in [0.15, 0.2) is 30.7 Å². The molecule has 0 aromatic carbocycles. The van der Waals surface area contributed by atoms with Gasteiger partial charge in [0.05, 0.1) is 35.9 Å². The fourth-order valence-corrected chi connectivity index (χ4v) is 3.91. The van der Waals surface area contributed by atoms with Crippen LogP contribution in [0.1, 0.15) is 29.8 Å². The van der Waals surface area contributed by atoms with Gasteiger partial charge >= 0.3 is 0 Å². The molecule has 0 radical (unpaired) electrons. The van der Waals surface area contributed by atoms with Crippen LogP contribution in [-0.4, -0.2) is 38.0 Å². The van der Waals surface area contributed by atoms with Gasteiger partial charge in [0.15, 0.2) is 0 Å².